The van der Waals surface area contributed by atoms with Gasteiger partial charge < -0.3 is 10.1 Å². The molecule has 0 saturated heterocycles. The van der Waals surface area contributed by atoms with Crippen LogP contribution in [-0.4, -0.2) is 19.1 Å². The average molecular weight is 233 g/mol. The lowest BCUT2D eigenvalue weighted by Gasteiger charge is -2.30. The number of rotatable bonds is 3. The monoisotopic (exact) mass is 233 g/mol. The van der Waals surface area contributed by atoms with Crippen LogP contribution in [0.5, 0.6) is 0 Å². The molecule has 0 amide bonds. The Morgan fingerprint density at radius 1 is 1.24 bits per heavy atom. The van der Waals surface area contributed by atoms with Crippen LogP contribution in [-0.2, 0) is 9.53 Å². The highest BCUT2D eigenvalue weighted by molar-refractivity contribution is 5.74. The fourth-order valence-electron chi connectivity index (χ4n) is 2.49. The molecule has 2 rings (SSSR count). The second-order valence-electron chi connectivity index (χ2n) is 4.53. The van der Waals surface area contributed by atoms with Crippen LogP contribution in [0.3, 0.4) is 0 Å². The summed E-state index contributed by atoms with van der Waals surface area (Å²) in [6.45, 7) is 0. The Balaban J connectivity index is 2.04. The highest BCUT2D eigenvalue weighted by Crippen LogP contribution is 2.28. The predicted octanol–water partition coefficient (Wildman–Crippen LogP) is 2.83. The second-order valence-corrected chi connectivity index (χ2v) is 4.53. The van der Waals surface area contributed by atoms with E-state index in [4.69, 9.17) is 4.74 Å². The molecule has 1 aromatic rings. The fourth-order valence-corrected chi connectivity index (χ4v) is 2.49. The molecule has 0 radical (unpaired) electrons. The maximum Gasteiger partial charge on any atom is 0.310 e. The molecule has 1 aliphatic rings. The number of hydrogen-bond acceptors (Lipinski definition) is 3. The highest BCUT2D eigenvalue weighted by atomic mass is 16.5. The summed E-state index contributed by atoms with van der Waals surface area (Å²) < 4.78 is 4.88. The third kappa shape index (κ3) is 2.99. The number of nitrogens with one attached hydrogen (secondary N) is 1. The fraction of sp³-hybridized carbons (Fsp3) is 0.500. The van der Waals surface area contributed by atoms with Gasteiger partial charge in [-0.15, -0.1) is 0 Å². The Kier molecular flexibility index (Phi) is 4.02. The van der Waals surface area contributed by atoms with E-state index in [2.05, 4.69) is 5.32 Å². The van der Waals surface area contributed by atoms with Crippen molar-refractivity contribution in [3.05, 3.63) is 30.3 Å². The molecule has 3 nitrogen and oxygen atoms in total. The van der Waals surface area contributed by atoms with Crippen molar-refractivity contribution in [2.24, 2.45) is 5.92 Å². The van der Waals surface area contributed by atoms with Crippen LogP contribution in [0.4, 0.5) is 5.69 Å². The van der Waals surface area contributed by atoms with Crippen LogP contribution in [0, 0.1) is 5.92 Å². The topological polar surface area (TPSA) is 38.3 Å². The lowest BCUT2D eigenvalue weighted by Crippen LogP contribution is -2.37. The third-order valence-corrected chi connectivity index (χ3v) is 3.40. The van der Waals surface area contributed by atoms with Gasteiger partial charge in [-0.3, -0.25) is 4.79 Å². The molecule has 1 saturated carbocycles. The molecule has 1 N–H and O–H groups in total. The van der Waals surface area contributed by atoms with Gasteiger partial charge in [-0.25, -0.2) is 0 Å². The largest absolute Gasteiger partial charge is 0.469 e. The van der Waals surface area contributed by atoms with Gasteiger partial charge in [0.25, 0.3) is 0 Å². The normalized spacial score (nSPS) is 24.1. The van der Waals surface area contributed by atoms with E-state index >= 15 is 0 Å². The van der Waals surface area contributed by atoms with Crippen molar-refractivity contribution in [3.8, 4) is 0 Å². The van der Waals surface area contributed by atoms with Crippen molar-refractivity contribution < 1.29 is 9.53 Å². The quantitative estimate of drug-likeness (QED) is 0.816. The maximum absolute atomic E-state index is 11.7. The molecular formula is C14H19NO2. The summed E-state index contributed by atoms with van der Waals surface area (Å²) in [4.78, 5) is 11.7. The van der Waals surface area contributed by atoms with E-state index in [1.807, 2.05) is 30.3 Å². The van der Waals surface area contributed by atoms with Crippen molar-refractivity contribution in [1.29, 1.82) is 0 Å². The molecule has 0 aliphatic heterocycles. The van der Waals surface area contributed by atoms with E-state index in [1.165, 1.54) is 13.5 Å². The summed E-state index contributed by atoms with van der Waals surface area (Å²) in [5, 5.41) is 3.45. The lowest BCUT2D eigenvalue weighted by atomic mass is 9.84. The van der Waals surface area contributed by atoms with Gasteiger partial charge in [0.1, 0.15) is 0 Å². The average Bonchev–Trinajstić information content (AvgIpc) is 2.40. The first-order chi connectivity index (χ1) is 8.31. The van der Waals surface area contributed by atoms with Crippen LogP contribution >= 0.6 is 0 Å². The molecule has 1 fully saturated rings. The SMILES string of the molecule is COC(=O)[C@H]1CCCC[C@H]1Nc1ccccc1. The van der Waals surface area contributed by atoms with Crippen LogP contribution in [0.1, 0.15) is 25.7 Å². The van der Waals surface area contributed by atoms with Gasteiger partial charge in [0.15, 0.2) is 0 Å². The highest BCUT2D eigenvalue weighted by Gasteiger charge is 2.31. The molecule has 17 heavy (non-hydrogen) atoms. The van der Waals surface area contributed by atoms with Gasteiger partial charge >= 0.3 is 5.97 Å². The Morgan fingerprint density at radius 3 is 2.65 bits per heavy atom. The molecule has 1 aliphatic carbocycles. The molecule has 0 unspecified atom stereocenters. The third-order valence-electron chi connectivity index (χ3n) is 3.40. The second kappa shape index (κ2) is 5.71. The maximum atomic E-state index is 11.7. The van der Waals surface area contributed by atoms with E-state index in [-0.39, 0.29) is 17.9 Å². The Morgan fingerprint density at radius 2 is 1.94 bits per heavy atom. The number of hydrogen-bond donors (Lipinski definition) is 1. The first kappa shape index (κ1) is 12.0. The minimum Gasteiger partial charge on any atom is -0.469 e. The number of benzene rings is 1. The molecule has 3 heteroatoms. The molecule has 1 aromatic carbocycles. The van der Waals surface area contributed by atoms with Crippen LogP contribution in [0.15, 0.2) is 30.3 Å². The molecule has 0 bridgehead atoms. The zero-order chi connectivity index (χ0) is 12.1. The molecule has 2 atom stereocenters. The van der Waals surface area contributed by atoms with Gasteiger partial charge in [-0.1, -0.05) is 31.0 Å². The Bertz CT molecular complexity index is 364. The number of esters is 1. The van der Waals surface area contributed by atoms with Crippen LogP contribution in [0.25, 0.3) is 0 Å². The summed E-state index contributed by atoms with van der Waals surface area (Å²) in [6, 6.07) is 10.3. The summed E-state index contributed by atoms with van der Waals surface area (Å²) in [7, 11) is 1.47. The van der Waals surface area contributed by atoms with Gasteiger partial charge in [0.05, 0.1) is 13.0 Å². The summed E-state index contributed by atoms with van der Waals surface area (Å²) in [5.74, 6) is -0.0907. The molecule has 0 aromatic heterocycles. The van der Waals surface area contributed by atoms with E-state index in [1.54, 1.807) is 0 Å². The van der Waals surface area contributed by atoms with Gasteiger partial charge in [0.2, 0.25) is 0 Å². The minimum absolute atomic E-state index is 0.00560. The van der Waals surface area contributed by atoms with Gasteiger partial charge in [-0.05, 0) is 25.0 Å². The zero-order valence-electron chi connectivity index (χ0n) is 10.2. The van der Waals surface area contributed by atoms with Crippen molar-refractivity contribution in [3.63, 3.8) is 0 Å². The van der Waals surface area contributed by atoms with E-state index in [9.17, 15) is 4.79 Å². The molecule has 0 spiro atoms. The summed E-state index contributed by atoms with van der Waals surface area (Å²) >= 11 is 0. The van der Waals surface area contributed by atoms with Crippen LogP contribution < -0.4 is 5.32 Å². The molecule has 0 heterocycles. The Hall–Kier alpha value is -1.51. The van der Waals surface area contributed by atoms with E-state index in [0.717, 1.165) is 24.9 Å². The summed E-state index contributed by atoms with van der Waals surface area (Å²) in [6.07, 6.45) is 4.26. The van der Waals surface area contributed by atoms with Crippen molar-refractivity contribution in [2.45, 2.75) is 31.7 Å². The lowest BCUT2D eigenvalue weighted by molar-refractivity contribution is -0.146. The minimum atomic E-state index is -0.0851. The number of anilines is 1. The van der Waals surface area contributed by atoms with E-state index in [0.29, 0.717) is 0 Å². The molecule has 92 valence electrons. The van der Waals surface area contributed by atoms with Crippen molar-refractivity contribution in [2.75, 3.05) is 12.4 Å². The standard InChI is InChI=1S/C14H19NO2/c1-17-14(16)12-9-5-6-10-13(12)15-11-7-3-2-4-8-11/h2-4,7-8,12-13,15H,5-6,9-10H2,1H3/t12-,13+/m0/s1. The smallest absolute Gasteiger partial charge is 0.310 e. The number of para-hydroxylation sites is 1. The summed E-state index contributed by atoms with van der Waals surface area (Å²) in [5.41, 5.74) is 1.08. The number of carbonyl (C=O) groups is 1. The van der Waals surface area contributed by atoms with Gasteiger partial charge in [0, 0.05) is 11.7 Å². The molecular weight excluding hydrogens is 214 g/mol. The number of carbonyl (C=O) groups excluding carboxylic acids is 1. The zero-order valence-corrected chi connectivity index (χ0v) is 10.2. The van der Waals surface area contributed by atoms with E-state index < -0.39 is 0 Å². The first-order valence-corrected chi connectivity index (χ1v) is 6.20. The van der Waals surface area contributed by atoms with Crippen molar-refractivity contribution >= 4 is 11.7 Å². The first-order valence-electron chi connectivity index (χ1n) is 6.20. The number of methoxy groups -OCH3 is 1. The van der Waals surface area contributed by atoms with Crippen molar-refractivity contribution in [1.82, 2.24) is 0 Å². The van der Waals surface area contributed by atoms with Crippen LogP contribution in [0.2, 0.25) is 0 Å². The number of ether oxygens (including phenoxy) is 1. The van der Waals surface area contributed by atoms with Gasteiger partial charge in [-0.2, -0.15) is 0 Å². The Labute approximate surface area is 102 Å². The predicted molar refractivity (Wildman–Crippen MR) is 67.8 cm³/mol.